The Morgan fingerprint density at radius 3 is 2.40 bits per heavy atom. The average Bonchev–Trinajstić information content (AvgIpc) is 3.52. The summed E-state index contributed by atoms with van der Waals surface area (Å²) >= 11 is 12.6. The lowest BCUT2D eigenvalue weighted by Gasteiger charge is -2.35. The van der Waals surface area contributed by atoms with Crippen molar-refractivity contribution >= 4 is 52.1 Å². The molecule has 0 saturated carbocycles. The lowest BCUT2D eigenvalue weighted by atomic mass is 9.81. The molecule has 2 amide bonds. The average molecular weight is 577 g/mol. The largest absolute Gasteiger partial charge is 0.495 e. The van der Waals surface area contributed by atoms with Gasteiger partial charge in [-0.3, -0.25) is 24.6 Å². The molecule has 2 aliphatic heterocycles. The van der Waals surface area contributed by atoms with Crippen LogP contribution in [-0.2, 0) is 10.3 Å². The SMILES string of the molecule is COc1ccccc1-n1cc2c(c1C(C)C)C1(C(=O)Nc3cc(Cl)ccc31)N(c1cc(Cl)ccc1[N+](=O)[O-])C2=O. The molecule has 9 nitrogen and oxygen atoms in total. The summed E-state index contributed by atoms with van der Waals surface area (Å²) < 4.78 is 7.48. The van der Waals surface area contributed by atoms with Gasteiger partial charge < -0.3 is 14.6 Å². The minimum absolute atomic E-state index is 0.0878. The van der Waals surface area contributed by atoms with Crippen LogP contribution < -0.4 is 15.0 Å². The highest BCUT2D eigenvalue weighted by atomic mass is 35.5. The highest BCUT2D eigenvalue weighted by Crippen LogP contribution is 2.57. The molecule has 6 rings (SSSR count). The van der Waals surface area contributed by atoms with Gasteiger partial charge in [-0.05, 0) is 42.3 Å². The zero-order chi connectivity index (χ0) is 28.5. The zero-order valence-corrected chi connectivity index (χ0v) is 23.1. The number of fused-ring (bicyclic) bond motifs is 4. The Morgan fingerprint density at radius 1 is 1.00 bits per heavy atom. The number of benzene rings is 3. The van der Waals surface area contributed by atoms with Crippen molar-refractivity contribution < 1.29 is 19.2 Å². The number of carbonyl (C=O) groups is 2. The van der Waals surface area contributed by atoms with Gasteiger partial charge in [-0.1, -0.05) is 55.2 Å². The van der Waals surface area contributed by atoms with E-state index in [1.54, 1.807) is 31.5 Å². The van der Waals surface area contributed by atoms with E-state index in [-0.39, 0.29) is 27.9 Å². The van der Waals surface area contributed by atoms with E-state index in [1.807, 2.05) is 42.7 Å². The second-order valence-corrected chi connectivity index (χ2v) is 10.8. The Labute approximate surface area is 239 Å². The van der Waals surface area contributed by atoms with Gasteiger partial charge in [0.15, 0.2) is 5.54 Å². The first-order valence-corrected chi connectivity index (χ1v) is 13.2. The van der Waals surface area contributed by atoms with Gasteiger partial charge in [0.25, 0.3) is 17.5 Å². The van der Waals surface area contributed by atoms with Crippen molar-refractivity contribution in [2.24, 2.45) is 0 Å². The second kappa shape index (κ2) is 9.11. The van der Waals surface area contributed by atoms with E-state index in [9.17, 15) is 19.7 Å². The van der Waals surface area contributed by atoms with Crippen LogP contribution in [0.1, 0.15) is 46.9 Å². The third kappa shape index (κ3) is 3.41. The van der Waals surface area contributed by atoms with E-state index in [4.69, 9.17) is 27.9 Å². The van der Waals surface area contributed by atoms with E-state index in [1.165, 1.54) is 23.1 Å². The molecule has 1 unspecified atom stereocenters. The molecule has 40 heavy (non-hydrogen) atoms. The number of nitro benzene ring substituents is 1. The number of halogens is 2. The van der Waals surface area contributed by atoms with Crippen molar-refractivity contribution in [1.29, 1.82) is 0 Å². The van der Waals surface area contributed by atoms with Gasteiger partial charge in [-0.2, -0.15) is 0 Å². The third-order valence-electron chi connectivity index (χ3n) is 7.39. The van der Waals surface area contributed by atoms with Crippen LogP contribution in [0.5, 0.6) is 5.75 Å². The molecule has 1 N–H and O–H groups in total. The molecular weight excluding hydrogens is 555 g/mol. The first-order chi connectivity index (χ1) is 19.1. The highest BCUT2D eigenvalue weighted by molar-refractivity contribution is 6.32. The molecule has 0 fully saturated rings. The number of aromatic nitrogens is 1. The smallest absolute Gasteiger partial charge is 0.293 e. The highest BCUT2D eigenvalue weighted by Gasteiger charge is 2.63. The van der Waals surface area contributed by atoms with Crippen LogP contribution in [0.3, 0.4) is 0 Å². The molecule has 202 valence electrons. The molecule has 0 radical (unpaired) electrons. The quantitative estimate of drug-likeness (QED) is 0.210. The minimum Gasteiger partial charge on any atom is -0.495 e. The molecule has 0 aliphatic carbocycles. The summed E-state index contributed by atoms with van der Waals surface area (Å²) in [5.74, 6) is -0.721. The van der Waals surface area contributed by atoms with Crippen molar-refractivity contribution in [3.8, 4) is 11.4 Å². The van der Waals surface area contributed by atoms with Crippen LogP contribution in [0.25, 0.3) is 5.69 Å². The molecule has 4 aromatic rings. The van der Waals surface area contributed by atoms with Crippen LogP contribution in [-0.4, -0.2) is 28.4 Å². The van der Waals surface area contributed by atoms with Gasteiger partial charge in [0.05, 0.1) is 23.3 Å². The molecule has 0 bridgehead atoms. The molecule has 11 heteroatoms. The molecule has 1 spiro atoms. The lowest BCUT2D eigenvalue weighted by Crippen LogP contribution is -2.51. The van der Waals surface area contributed by atoms with Crippen LogP contribution in [0.2, 0.25) is 10.0 Å². The number of nitro groups is 1. The number of rotatable bonds is 5. The fourth-order valence-electron chi connectivity index (χ4n) is 5.90. The van der Waals surface area contributed by atoms with Crippen molar-refractivity contribution in [1.82, 2.24) is 4.57 Å². The van der Waals surface area contributed by atoms with Crippen LogP contribution in [0, 0.1) is 10.1 Å². The molecule has 2 aliphatic rings. The van der Waals surface area contributed by atoms with Crippen molar-refractivity contribution in [3.05, 3.63) is 109 Å². The summed E-state index contributed by atoms with van der Waals surface area (Å²) in [6, 6.07) is 16.2. The fourth-order valence-corrected chi connectivity index (χ4v) is 6.24. The molecule has 1 aromatic heterocycles. The van der Waals surface area contributed by atoms with E-state index in [0.29, 0.717) is 39.0 Å². The summed E-state index contributed by atoms with van der Waals surface area (Å²) in [5.41, 5.74) is 0.674. The normalized spacial score (nSPS) is 17.4. The number of methoxy groups -OCH3 is 1. The number of carbonyl (C=O) groups excluding carboxylic acids is 2. The summed E-state index contributed by atoms with van der Waals surface area (Å²) in [5, 5.41) is 15.6. The van der Waals surface area contributed by atoms with Crippen LogP contribution in [0.4, 0.5) is 17.1 Å². The molecule has 3 heterocycles. The maximum Gasteiger partial charge on any atom is 0.293 e. The number of para-hydroxylation sites is 2. The van der Waals surface area contributed by atoms with Crippen molar-refractivity contribution in [2.45, 2.75) is 25.3 Å². The molecule has 3 aromatic carbocycles. The first kappa shape index (κ1) is 25.9. The van der Waals surface area contributed by atoms with E-state index < -0.39 is 22.3 Å². The summed E-state index contributed by atoms with van der Waals surface area (Å²) in [4.78, 5) is 41.5. The summed E-state index contributed by atoms with van der Waals surface area (Å²) in [6.45, 7) is 3.92. The zero-order valence-electron chi connectivity index (χ0n) is 21.6. The van der Waals surface area contributed by atoms with Crippen LogP contribution >= 0.6 is 23.2 Å². The number of ether oxygens (including phenoxy) is 1. The van der Waals surface area contributed by atoms with Crippen LogP contribution in [0.15, 0.2) is 66.9 Å². The Hall–Kier alpha value is -4.34. The van der Waals surface area contributed by atoms with Crippen molar-refractivity contribution in [3.63, 3.8) is 0 Å². The number of hydrogen-bond donors (Lipinski definition) is 1. The second-order valence-electron chi connectivity index (χ2n) is 9.88. The number of nitrogens with one attached hydrogen (secondary N) is 1. The molecule has 1 atom stereocenters. The van der Waals surface area contributed by atoms with Gasteiger partial charge in [0.2, 0.25) is 0 Å². The Morgan fingerprint density at radius 2 is 1.70 bits per heavy atom. The topological polar surface area (TPSA) is 107 Å². The number of amides is 2. The molecule has 0 saturated heterocycles. The minimum atomic E-state index is -1.77. The maximum atomic E-state index is 14.5. The summed E-state index contributed by atoms with van der Waals surface area (Å²) in [6.07, 6.45) is 1.67. The van der Waals surface area contributed by atoms with Crippen molar-refractivity contribution in [2.75, 3.05) is 17.3 Å². The Balaban J connectivity index is 1.76. The van der Waals surface area contributed by atoms with E-state index in [2.05, 4.69) is 5.32 Å². The van der Waals surface area contributed by atoms with E-state index in [0.717, 1.165) is 0 Å². The Kier molecular flexibility index (Phi) is 5.90. The monoisotopic (exact) mass is 576 g/mol. The van der Waals surface area contributed by atoms with E-state index >= 15 is 0 Å². The predicted molar refractivity (Wildman–Crippen MR) is 152 cm³/mol. The predicted octanol–water partition coefficient (Wildman–Crippen LogP) is 6.68. The lowest BCUT2D eigenvalue weighted by molar-refractivity contribution is -0.384. The first-order valence-electron chi connectivity index (χ1n) is 12.4. The standard InChI is InChI=1S/C29H22Cl2N4O5/c1-15(2)26-25-18(14-33(26)22-6-4-5-7-24(22)40-3)27(36)34(23-13-17(31)9-11-21(23)35(38)39)29(25)19-10-8-16(30)12-20(19)32-28(29)37/h4-15H,1-3H3,(H,32,37). The number of nitrogens with zero attached hydrogens (tertiary/aromatic N) is 3. The van der Waals surface area contributed by atoms with Gasteiger partial charge in [0, 0.05) is 44.8 Å². The van der Waals surface area contributed by atoms with Gasteiger partial charge in [-0.25, -0.2) is 0 Å². The number of hydrogen-bond acceptors (Lipinski definition) is 5. The summed E-state index contributed by atoms with van der Waals surface area (Å²) in [7, 11) is 1.56. The maximum absolute atomic E-state index is 14.5. The third-order valence-corrected chi connectivity index (χ3v) is 7.86. The van der Waals surface area contributed by atoms with Gasteiger partial charge in [0.1, 0.15) is 11.4 Å². The number of anilines is 2. The fraction of sp³-hybridized carbons (Fsp3) is 0.172. The Bertz CT molecular complexity index is 1770. The molecular formula is C29H22Cl2N4O5. The van der Waals surface area contributed by atoms with Gasteiger partial charge in [-0.15, -0.1) is 0 Å². The van der Waals surface area contributed by atoms with Gasteiger partial charge >= 0.3 is 0 Å².